The third kappa shape index (κ3) is 4.34. The highest BCUT2D eigenvalue weighted by Gasteiger charge is 2.32. The Hall–Kier alpha value is -1.84. The molecule has 9 heteroatoms. The Balaban J connectivity index is 2.39. The van der Waals surface area contributed by atoms with E-state index in [1.165, 1.54) is 43.7 Å². The van der Waals surface area contributed by atoms with Crippen LogP contribution in [0.4, 0.5) is 0 Å². The number of rotatable bonds is 7. The molecule has 126 valence electrons. The summed E-state index contributed by atoms with van der Waals surface area (Å²) in [6.45, 7) is -0.319. The molecule has 1 aromatic heterocycles. The van der Waals surface area contributed by atoms with Crippen molar-refractivity contribution >= 4 is 19.9 Å². The highest BCUT2D eigenvalue weighted by atomic mass is 32.2. The van der Waals surface area contributed by atoms with Crippen LogP contribution in [0, 0.1) is 0 Å². The highest BCUT2D eigenvalue weighted by Crippen LogP contribution is 2.30. The minimum absolute atomic E-state index is 0.0509. The maximum atomic E-state index is 12.8. The van der Waals surface area contributed by atoms with Gasteiger partial charge in [-0.05, 0) is 36.4 Å². The molecule has 0 fully saturated rings. The van der Waals surface area contributed by atoms with Gasteiger partial charge in [-0.15, -0.1) is 0 Å². The lowest BCUT2D eigenvalue weighted by Crippen LogP contribution is -2.31. The second-order valence-corrected chi connectivity index (χ2v) is 8.81. The van der Waals surface area contributed by atoms with E-state index in [1.54, 1.807) is 6.07 Å². The summed E-state index contributed by atoms with van der Waals surface area (Å²) in [5.74, 6) is 0.685. The van der Waals surface area contributed by atoms with Crippen LogP contribution in [0.2, 0.25) is 0 Å². The van der Waals surface area contributed by atoms with Crippen LogP contribution in [0.3, 0.4) is 0 Å². The fraction of sp³-hybridized carbons (Fsp3) is 0.286. The van der Waals surface area contributed by atoms with Crippen molar-refractivity contribution in [3.8, 4) is 5.75 Å². The Kier molecular flexibility index (Phi) is 5.12. The normalized spacial score (nSPS) is 13.7. The maximum Gasteiger partial charge on any atom is 0.208 e. The molecule has 0 amide bonds. The quantitative estimate of drug-likeness (QED) is 0.800. The van der Waals surface area contributed by atoms with Gasteiger partial charge in [0.2, 0.25) is 10.0 Å². The summed E-state index contributed by atoms with van der Waals surface area (Å²) in [5.41, 5.74) is 0. The van der Waals surface area contributed by atoms with Gasteiger partial charge in [0, 0.05) is 6.54 Å². The third-order valence-corrected chi connectivity index (χ3v) is 5.92. The molecule has 7 nitrogen and oxygen atoms in total. The molecule has 1 atom stereocenters. The molecule has 1 unspecified atom stereocenters. The summed E-state index contributed by atoms with van der Waals surface area (Å²) in [4.78, 5) is 0.0509. The standard InChI is InChI=1S/C14H17NO6S2/c1-20-11-5-7-12(8-6-11)23(18,19)14(10-15-22(2,16)17)13-4-3-9-21-13/h3-9,14-15H,10H2,1-2H3. The molecule has 0 bridgehead atoms. The molecule has 0 aliphatic carbocycles. The molecule has 0 radical (unpaired) electrons. The second-order valence-electron chi connectivity index (χ2n) is 4.85. The summed E-state index contributed by atoms with van der Waals surface area (Å²) in [6, 6.07) is 8.91. The molecule has 0 aliphatic heterocycles. The average molecular weight is 359 g/mol. The van der Waals surface area contributed by atoms with E-state index in [1.807, 2.05) is 0 Å². The number of nitrogens with one attached hydrogen (secondary N) is 1. The molecule has 2 aromatic rings. The van der Waals surface area contributed by atoms with Gasteiger partial charge in [-0.25, -0.2) is 21.6 Å². The van der Waals surface area contributed by atoms with Crippen molar-refractivity contribution in [1.82, 2.24) is 4.72 Å². The molecule has 0 spiro atoms. The fourth-order valence-corrected chi connectivity index (χ4v) is 4.16. The van der Waals surface area contributed by atoms with Crippen LogP contribution in [0.1, 0.15) is 11.0 Å². The zero-order chi connectivity index (χ0) is 17.1. The third-order valence-electron chi connectivity index (χ3n) is 3.15. The van der Waals surface area contributed by atoms with Crippen LogP contribution in [-0.4, -0.2) is 36.7 Å². The van der Waals surface area contributed by atoms with Crippen molar-refractivity contribution in [2.24, 2.45) is 0 Å². The minimum atomic E-state index is -3.85. The van der Waals surface area contributed by atoms with Gasteiger partial charge in [-0.3, -0.25) is 0 Å². The number of sulfonamides is 1. The number of hydrogen-bond donors (Lipinski definition) is 1. The number of hydrogen-bond acceptors (Lipinski definition) is 6. The number of furan rings is 1. The summed E-state index contributed by atoms with van der Waals surface area (Å²) in [5, 5.41) is -1.17. The lowest BCUT2D eigenvalue weighted by Gasteiger charge is -2.16. The van der Waals surface area contributed by atoms with Crippen LogP contribution >= 0.6 is 0 Å². The molecule has 0 saturated carbocycles. The van der Waals surface area contributed by atoms with Crippen molar-refractivity contribution < 1.29 is 26.0 Å². The molecule has 1 heterocycles. The lowest BCUT2D eigenvalue weighted by molar-refractivity contribution is 0.414. The Bertz CT molecular complexity index is 839. The zero-order valence-corrected chi connectivity index (χ0v) is 14.2. The first-order valence-electron chi connectivity index (χ1n) is 6.60. The second kappa shape index (κ2) is 6.73. The van der Waals surface area contributed by atoms with Gasteiger partial charge < -0.3 is 9.15 Å². The molecule has 0 aliphatic rings. The van der Waals surface area contributed by atoms with E-state index in [9.17, 15) is 16.8 Å². The topological polar surface area (TPSA) is 103 Å². The van der Waals surface area contributed by atoms with Crippen molar-refractivity contribution in [1.29, 1.82) is 0 Å². The predicted octanol–water partition coefficient (Wildman–Crippen LogP) is 1.35. The van der Waals surface area contributed by atoms with Crippen LogP contribution < -0.4 is 9.46 Å². The fourth-order valence-electron chi connectivity index (χ4n) is 1.99. The summed E-state index contributed by atoms with van der Waals surface area (Å²) in [7, 11) is -5.91. The summed E-state index contributed by atoms with van der Waals surface area (Å²) < 4.78 is 60.6. The Morgan fingerprint density at radius 2 is 1.78 bits per heavy atom. The number of ether oxygens (including phenoxy) is 1. The van der Waals surface area contributed by atoms with E-state index in [0.717, 1.165) is 6.26 Å². The number of sulfone groups is 1. The van der Waals surface area contributed by atoms with Gasteiger partial charge >= 0.3 is 0 Å². The largest absolute Gasteiger partial charge is 0.497 e. The molecule has 2 rings (SSSR count). The van der Waals surface area contributed by atoms with Crippen molar-refractivity contribution in [3.05, 3.63) is 48.4 Å². The maximum absolute atomic E-state index is 12.8. The summed E-state index contributed by atoms with van der Waals surface area (Å²) in [6.07, 6.45) is 2.30. The number of benzene rings is 1. The molecule has 1 N–H and O–H groups in total. The first kappa shape index (κ1) is 17.5. The van der Waals surface area contributed by atoms with E-state index in [2.05, 4.69) is 4.72 Å². The van der Waals surface area contributed by atoms with E-state index < -0.39 is 25.1 Å². The molecule has 0 saturated heterocycles. The van der Waals surface area contributed by atoms with Crippen molar-refractivity contribution in [2.75, 3.05) is 19.9 Å². The Labute approximate surface area is 135 Å². The van der Waals surface area contributed by atoms with Crippen molar-refractivity contribution in [3.63, 3.8) is 0 Å². The zero-order valence-electron chi connectivity index (χ0n) is 12.6. The number of methoxy groups -OCH3 is 1. The van der Waals surface area contributed by atoms with E-state index in [4.69, 9.17) is 9.15 Å². The average Bonchev–Trinajstić information content (AvgIpc) is 3.00. The Morgan fingerprint density at radius 1 is 1.13 bits per heavy atom. The lowest BCUT2D eigenvalue weighted by atomic mass is 10.3. The van der Waals surface area contributed by atoms with Gasteiger partial charge in [0.15, 0.2) is 9.84 Å². The molecule has 1 aromatic carbocycles. The minimum Gasteiger partial charge on any atom is -0.497 e. The highest BCUT2D eigenvalue weighted by molar-refractivity contribution is 7.92. The van der Waals surface area contributed by atoms with Gasteiger partial charge in [-0.1, -0.05) is 0 Å². The van der Waals surface area contributed by atoms with Gasteiger partial charge in [0.1, 0.15) is 16.8 Å². The van der Waals surface area contributed by atoms with Gasteiger partial charge in [0.25, 0.3) is 0 Å². The van der Waals surface area contributed by atoms with E-state index in [-0.39, 0.29) is 17.2 Å². The SMILES string of the molecule is COc1ccc(S(=O)(=O)C(CNS(C)(=O)=O)c2ccco2)cc1. The van der Waals surface area contributed by atoms with Crippen LogP contribution in [-0.2, 0) is 19.9 Å². The van der Waals surface area contributed by atoms with Gasteiger partial charge in [0.05, 0.1) is 24.5 Å². The monoisotopic (exact) mass is 359 g/mol. The van der Waals surface area contributed by atoms with Crippen LogP contribution in [0.25, 0.3) is 0 Å². The van der Waals surface area contributed by atoms with Gasteiger partial charge in [-0.2, -0.15) is 0 Å². The molecular formula is C14H17NO6S2. The molecular weight excluding hydrogens is 342 g/mol. The smallest absolute Gasteiger partial charge is 0.208 e. The first-order chi connectivity index (χ1) is 10.7. The molecule has 23 heavy (non-hydrogen) atoms. The Morgan fingerprint density at radius 3 is 2.26 bits per heavy atom. The van der Waals surface area contributed by atoms with E-state index >= 15 is 0 Å². The predicted molar refractivity (Wildman–Crippen MR) is 84.5 cm³/mol. The summed E-state index contributed by atoms with van der Waals surface area (Å²) >= 11 is 0. The van der Waals surface area contributed by atoms with Crippen LogP contribution in [0.15, 0.2) is 52.0 Å². The van der Waals surface area contributed by atoms with Crippen molar-refractivity contribution in [2.45, 2.75) is 10.1 Å². The van der Waals surface area contributed by atoms with E-state index in [0.29, 0.717) is 5.75 Å². The van der Waals surface area contributed by atoms with Crippen LogP contribution in [0.5, 0.6) is 5.75 Å². The first-order valence-corrected chi connectivity index (χ1v) is 10.0.